The minimum absolute atomic E-state index is 0.0908. The normalized spacial score (nSPS) is 22.0. The summed E-state index contributed by atoms with van der Waals surface area (Å²) in [4.78, 5) is 0.0908. The number of nitrogens with one attached hydrogen (secondary N) is 1. The molecule has 0 saturated carbocycles. The summed E-state index contributed by atoms with van der Waals surface area (Å²) in [6, 6.07) is 0. The second-order valence-electron chi connectivity index (χ2n) is 2.40. The maximum Gasteiger partial charge on any atom is 0.457 e. The lowest BCUT2D eigenvalue weighted by atomic mass is 10.2. The number of alkyl halides is 5. The Morgan fingerprint density at radius 3 is 2.36 bits per heavy atom. The first-order chi connectivity index (χ1) is 6.30. The third-order valence-corrected chi connectivity index (χ3v) is 1.49. The molecule has 0 aliphatic carbocycles. The van der Waals surface area contributed by atoms with Gasteiger partial charge in [-0.3, -0.25) is 5.43 Å². The van der Waals surface area contributed by atoms with Crippen LogP contribution in [0, 0.1) is 11.5 Å². The molecule has 1 atom stereocenters. The number of nitrogens with zero attached hydrogens (tertiary/aromatic N) is 3. The zero-order chi connectivity index (χ0) is 11.0. The van der Waals surface area contributed by atoms with Crippen LogP contribution in [0.3, 0.4) is 0 Å². The highest BCUT2D eigenvalue weighted by Crippen LogP contribution is 2.39. The minimum atomic E-state index is -5.73. The maximum atomic E-state index is 12.6. The Morgan fingerprint density at radius 1 is 1.36 bits per heavy atom. The highest BCUT2D eigenvalue weighted by molar-refractivity contribution is 5.59. The fourth-order valence-electron chi connectivity index (χ4n) is 0.789. The highest BCUT2D eigenvalue weighted by atomic mass is 19.4. The first-order valence-corrected chi connectivity index (χ1v) is 3.22. The molecule has 14 heavy (non-hydrogen) atoms. The number of halogens is 5. The van der Waals surface area contributed by atoms with E-state index in [1.54, 1.807) is 0 Å². The fraction of sp³-hybridized carbons (Fsp3) is 0.600. The van der Waals surface area contributed by atoms with Crippen LogP contribution in [0.4, 0.5) is 22.0 Å². The SMILES string of the molecule is N#CN1C=NNC1C(F)(F)C(F)(F)F. The Labute approximate surface area is 74.6 Å². The van der Waals surface area contributed by atoms with Crippen molar-refractivity contribution in [2.24, 2.45) is 5.10 Å². The van der Waals surface area contributed by atoms with Crippen LogP contribution >= 0.6 is 0 Å². The average Bonchev–Trinajstić information content (AvgIpc) is 2.49. The largest absolute Gasteiger partial charge is 0.457 e. The molecule has 4 nitrogen and oxygen atoms in total. The molecule has 0 bridgehead atoms. The Bertz CT molecular complexity index is 289. The molecule has 1 aliphatic heterocycles. The third kappa shape index (κ3) is 1.43. The first-order valence-electron chi connectivity index (χ1n) is 3.22. The van der Waals surface area contributed by atoms with Gasteiger partial charge in [0, 0.05) is 0 Å². The highest BCUT2D eigenvalue weighted by Gasteiger charge is 2.65. The van der Waals surface area contributed by atoms with E-state index < -0.39 is 18.3 Å². The van der Waals surface area contributed by atoms with Crippen LogP contribution in [0.2, 0.25) is 0 Å². The molecule has 9 heteroatoms. The summed E-state index contributed by atoms with van der Waals surface area (Å²) in [5, 5.41) is 11.2. The van der Waals surface area contributed by atoms with Crippen molar-refractivity contribution >= 4 is 6.34 Å². The average molecular weight is 214 g/mol. The van der Waals surface area contributed by atoms with Crippen molar-refractivity contribution < 1.29 is 22.0 Å². The summed E-state index contributed by atoms with van der Waals surface area (Å²) >= 11 is 0. The van der Waals surface area contributed by atoms with Crippen LogP contribution in [0.5, 0.6) is 0 Å². The molecule has 1 aliphatic rings. The van der Waals surface area contributed by atoms with Crippen molar-refractivity contribution in [3.8, 4) is 6.19 Å². The fourth-order valence-corrected chi connectivity index (χ4v) is 0.789. The van der Waals surface area contributed by atoms with Gasteiger partial charge in [0.1, 0.15) is 6.34 Å². The molecular formula is C5H3F5N4. The molecule has 0 amide bonds. The van der Waals surface area contributed by atoms with Crippen LogP contribution in [0.25, 0.3) is 0 Å². The van der Waals surface area contributed by atoms with E-state index in [1.807, 2.05) is 0 Å². The summed E-state index contributed by atoms with van der Waals surface area (Å²) in [6.45, 7) is 0. The zero-order valence-electron chi connectivity index (χ0n) is 6.39. The maximum absolute atomic E-state index is 12.6. The third-order valence-electron chi connectivity index (χ3n) is 1.49. The van der Waals surface area contributed by atoms with E-state index in [4.69, 9.17) is 5.26 Å². The molecule has 0 aromatic carbocycles. The van der Waals surface area contributed by atoms with Gasteiger partial charge >= 0.3 is 12.1 Å². The van der Waals surface area contributed by atoms with Crippen molar-refractivity contribution in [3.63, 3.8) is 0 Å². The molecule has 0 spiro atoms. The number of hydrazone groups is 1. The smallest absolute Gasteiger partial charge is 0.279 e. The Kier molecular flexibility index (Phi) is 2.22. The number of rotatable bonds is 1. The summed E-state index contributed by atoms with van der Waals surface area (Å²) in [7, 11) is 0. The van der Waals surface area contributed by atoms with E-state index in [-0.39, 0.29) is 4.90 Å². The standard InChI is InChI=1S/C5H3F5N4/c6-4(7,5(8,9)10)3-13-12-2-14(3)1-11/h2-3,13H. The van der Waals surface area contributed by atoms with E-state index in [2.05, 4.69) is 5.10 Å². The van der Waals surface area contributed by atoms with Crippen LogP contribution in [0.1, 0.15) is 0 Å². The van der Waals surface area contributed by atoms with Crippen molar-refractivity contribution in [2.75, 3.05) is 0 Å². The lowest BCUT2D eigenvalue weighted by molar-refractivity contribution is -0.299. The van der Waals surface area contributed by atoms with E-state index in [9.17, 15) is 22.0 Å². The van der Waals surface area contributed by atoms with E-state index in [0.29, 0.717) is 6.34 Å². The van der Waals surface area contributed by atoms with Gasteiger partial charge in [-0.15, -0.1) is 0 Å². The van der Waals surface area contributed by atoms with Crippen LogP contribution in [-0.2, 0) is 0 Å². The van der Waals surface area contributed by atoms with Crippen molar-refractivity contribution in [1.82, 2.24) is 10.3 Å². The molecule has 0 aromatic rings. The summed E-state index contributed by atoms with van der Waals surface area (Å²) in [5.74, 6) is -5.04. The van der Waals surface area contributed by atoms with Gasteiger partial charge < -0.3 is 0 Å². The molecule has 1 unspecified atom stereocenters. The number of hydrogen-bond donors (Lipinski definition) is 1. The minimum Gasteiger partial charge on any atom is -0.279 e. The Morgan fingerprint density at radius 2 is 1.93 bits per heavy atom. The Hall–Kier alpha value is -1.59. The van der Waals surface area contributed by atoms with Crippen molar-refractivity contribution in [1.29, 1.82) is 5.26 Å². The second kappa shape index (κ2) is 2.97. The van der Waals surface area contributed by atoms with Gasteiger partial charge in [0.05, 0.1) is 0 Å². The molecule has 0 aromatic heterocycles. The van der Waals surface area contributed by atoms with Crippen LogP contribution in [0.15, 0.2) is 5.10 Å². The monoisotopic (exact) mass is 214 g/mol. The van der Waals surface area contributed by atoms with Crippen molar-refractivity contribution in [3.05, 3.63) is 0 Å². The predicted octanol–water partition coefficient (Wildman–Crippen LogP) is 0.840. The Balaban J connectivity index is 2.90. The predicted molar refractivity (Wildman–Crippen MR) is 33.9 cm³/mol. The van der Waals surface area contributed by atoms with Gasteiger partial charge in [-0.2, -0.15) is 32.3 Å². The zero-order valence-corrected chi connectivity index (χ0v) is 6.39. The van der Waals surface area contributed by atoms with Gasteiger partial charge in [-0.25, -0.2) is 4.90 Å². The molecule has 0 fully saturated rings. The molecule has 1 heterocycles. The summed E-state index contributed by atoms with van der Waals surface area (Å²) in [6.07, 6.45) is -6.54. The number of hydrogen-bond acceptors (Lipinski definition) is 4. The quantitative estimate of drug-likeness (QED) is 0.519. The molecular weight excluding hydrogens is 211 g/mol. The summed E-state index contributed by atoms with van der Waals surface area (Å²) < 4.78 is 60.7. The molecule has 1 rings (SSSR count). The van der Waals surface area contributed by atoms with Gasteiger partial charge in [-0.05, 0) is 0 Å². The lowest BCUT2D eigenvalue weighted by Crippen LogP contribution is -2.56. The van der Waals surface area contributed by atoms with E-state index in [1.165, 1.54) is 5.43 Å². The lowest BCUT2D eigenvalue weighted by Gasteiger charge is -2.27. The van der Waals surface area contributed by atoms with Gasteiger partial charge in [0.2, 0.25) is 6.17 Å². The first kappa shape index (κ1) is 10.5. The molecule has 0 saturated heterocycles. The van der Waals surface area contributed by atoms with Gasteiger partial charge in [0.15, 0.2) is 6.19 Å². The topological polar surface area (TPSA) is 51.4 Å². The molecule has 0 radical (unpaired) electrons. The van der Waals surface area contributed by atoms with Crippen LogP contribution < -0.4 is 5.43 Å². The van der Waals surface area contributed by atoms with Crippen molar-refractivity contribution in [2.45, 2.75) is 18.3 Å². The van der Waals surface area contributed by atoms with Gasteiger partial charge in [-0.1, -0.05) is 0 Å². The van der Waals surface area contributed by atoms with Gasteiger partial charge in [0.25, 0.3) is 0 Å². The molecule has 78 valence electrons. The van der Waals surface area contributed by atoms with E-state index >= 15 is 0 Å². The summed E-state index contributed by atoms with van der Waals surface area (Å²) in [5.41, 5.74) is 1.51. The molecule has 1 N–H and O–H groups in total. The van der Waals surface area contributed by atoms with E-state index in [0.717, 1.165) is 6.19 Å². The second-order valence-corrected chi connectivity index (χ2v) is 2.40. The van der Waals surface area contributed by atoms with Crippen LogP contribution in [-0.4, -0.2) is 29.5 Å². The number of nitriles is 1.